The number of nitrogens with two attached hydrogens (primary N) is 1. The highest BCUT2D eigenvalue weighted by molar-refractivity contribution is 9.10. The first-order valence-electron chi connectivity index (χ1n) is 5.17. The minimum absolute atomic E-state index is 0.257. The van der Waals surface area contributed by atoms with Crippen molar-refractivity contribution in [1.82, 2.24) is 10.6 Å². The van der Waals surface area contributed by atoms with Gasteiger partial charge in [0.1, 0.15) is 6.04 Å². The van der Waals surface area contributed by atoms with Gasteiger partial charge in [0.05, 0.1) is 13.0 Å². The Morgan fingerprint density at radius 1 is 1.47 bits per heavy atom. The van der Waals surface area contributed by atoms with Gasteiger partial charge in [-0.05, 0) is 27.4 Å². The lowest BCUT2D eigenvalue weighted by Crippen LogP contribution is -2.47. The number of carboxylic acid groups (broad SMARTS) is 1. The Balaban J connectivity index is 2.47. The van der Waals surface area contributed by atoms with Gasteiger partial charge in [0, 0.05) is 9.35 Å². The van der Waals surface area contributed by atoms with E-state index in [1.54, 1.807) is 0 Å². The second-order valence-corrected chi connectivity index (χ2v) is 5.43. The van der Waals surface area contributed by atoms with Crippen molar-refractivity contribution < 1.29 is 19.5 Å². The Labute approximate surface area is 121 Å². The molecule has 0 radical (unpaired) electrons. The van der Waals surface area contributed by atoms with E-state index in [1.165, 1.54) is 11.3 Å². The van der Waals surface area contributed by atoms with E-state index >= 15 is 0 Å². The summed E-state index contributed by atoms with van der Waals surface area (Å²) >= 11 is 4.75. The average Bonchev–Trinajstić information content (AvgIpc) is 2.70. The second-order valence-electron chi connectivity index (χ2n) is 3.58. The lowest BCUT2D eigenvalue weighted by molar-refractivity contribution is -0.140. The first kappa shape index (κ1) is 15.4. The van der Waals surface area contributed by atoms with E-state index < -0.39 is 30.4 Å². The molecule has 1 rings (SSSR count). The van der Waals surface area contributed by atoms with Crippen molar-refractivity contribution in [3.63, 3.8) is 0 Å². The molecule has 3 amide bonds. The SMILES string of the molecule is NC(=O)CC(NC(=O)NCc1sccc1Br)C(=O)O. The number of thiophene rings is 1. The molecule has 1 atom stereocenters. The van der Waals surface area contributed by atoms with E-state index in [9.17, 15) is 14.4 Å². The fourth-order valence-electron chi connectivity index (χ4n) is 1.22. The smallest absolute Gasteiger partial charge is 0.326 e. The molecule has 0 fully saturated rings. The van der Waals surface area contributed by atoms with Crippen LogP contribution in [-0.4, -0.2) is 29.1 Å². The molecule has 7 nitrogen and oxygen atoms in total. The number of amides is 3. The number of aliphatic carboxylic acids is 1. The van der Waals surface area contributed by atoms with Crippen LogP contribution in [0.15, 0.2) is 15.9 Å². The van der Waals surface area contributed by atoms with Crippen molar-refractivity contribution in [2.24, 2.45) is 5.73 Å². The standard InChI is InChI=1S/C10H12BrN3O4S/c11-5-1-2-19-7(5)4-13-10(18)14-6(9(16)17)3-8(12)15/h1-2,6H,3-4H2,(H2,12,15)(H,16,17)(H2,13,14,18). The highest BCUT2D eigenvalue weighted by Gasteiger charge is 2.21. The maximum atomic E-state index is 11.5. The van der Waals surface area contributed by atoms with E-state index in [0.717, 1.165) is 9.35 Å². The van der Waals surface area contributed by atoms with Gasteiger partial charge in [-0.1, -0.05) is 0 Å². The van der Waals surface area contributed by atoms with Crippen LogP contribution in [0, 0.1) is 0 Å². The van der Waals surface area contributed by atoms with Crippen molar-refractivity contribution >= 4 is 45.2 Å². The zero-order valence-electron chi connectivity index (χ0n) is 9.68. The monoisotopic (exact) mass is 349 g/mol. The fraction of sp³-hybridized carbons (Fsp3) is 0.300. The molecule has 5 N–H and O–H groups in total. The van der Waals surface area contributed by atoms with E-state index in [1.807, 2.05) is 11.4 Å². The molecule has 0 aliphatic rings. The van der Waals surface area contributed by atoms with Gasteiger partial charge in [-0.2, -0.15) is 0 Å². The van der Waals surface area contributed by atoms with Crippen LogP contribution in [0.1, 0.15) is 11.3 Å². The van der Waals surface area contributed by atoms with E-state index in [2.05, 4.69) is 26.6 Å². The van der Waals surface area contributed by atoms with E-state index in [4.69, 9.17) is 10.8 Å². The van der Waals surface area contributed by atoms with E-state index in [0.29, 0.717) is 0 Å². The van der Waals surface area contributed by atoms with Gasteiger partial charge in [-0.15, -0.1) is 11.3 Å². The van der Waals surface area contributed by atoms with Crippen LogP contribution >= 0.6 is 27.3 Å². The summed E-state index contributed by atoms with van der Waals surface area (Å²) in [4.78, 5) is 33.9. The van der Waals surface area contributed by atoms with Crippen LogP contribution in [0.4, 0.5) is 4.79 Å². The number of halogens is 1. The number of urea groups is 1. The number of carbonyl (C=O) groups excluding carboxylic acids is 2. The van der Waals surface area contributed by atoms with Crippen molar-refractivity contribution in [2.75, 3.05) is 0 Å². The molecule has 1 aromatic rings. The average molecular weight is 350 g/mol. The summed E-state index contributed by atoms with van der Waals surface area (Å²) in [7, 11) is 0. The topological polar surface area (TPSA) is 122 Å². The minimum Gasteiger partial charge on any atom is -0.480 e. The summed E-state index contributed by atoms with van der Waals surface area (Å²) in [5, 5.41) is 15.3. The molecule has 0 aliphatic heterocycles. The molecular formula is C10H12BrN3O4S. The molecule has 104 valence electrons. The first-order valence-corrected chi connectivity index (χ1v) is 6.84. The van der Waals surface area contributed by atoms with Crippen LogP contribution in [0.2, 0.25) is 0 Å². The number of rotatable bonds is 6. The number of primary amides is 1. The molecule has 1 aromatic heterocycles. The summed E-state index contributed by atoms with van der Waals surface area (Å²) in [6, 6.07) is -0.162. The summed E-state index contributed by atoms with van der Waals surface area (Å²) in [6.07, 6.45) is -0.453. The Kier molecular flexibility index (Phi) is 5.77. The molecule has 0 saturated heterocycles. The Morgan fingerprint density at radius 3 is 2.63 bits per heavy atom. The molecule has 9 heteroatoms. The minimum atomic E-state index is -1.33. The predicted octanol–water partition coefficient (Wildman–Crippen LogP) is 0.638. The second kappa shape index (κ2) is 7.10. The van der Waals surface area contributed by atoms with Crippen molar-refractivity contribution in [2.45, 2.75) is 19.0 Å². The van der Waals surface area contributed by atoms with Gasteiger partial charge in [0.15, 0.2) is 0 Å². The van der Waals surface area contributed by atoms with Crippen molar-refractivity contribution in [3.8, 4) is 0 Å². The molecule has 19 heavy (non-hydrogen) atoms. The molecule has 0 spiro atoms. The number of hydrogen-bond acceptors (Lipinski definition) is 4. The van der Waals surface area contributed by atoms with Gasteiger partial charge in [0.25, 0.3) is 0 Å². The van der Waals surface area contributed by atoms with Crippen LogP contribution in [0.25, 0.3) is 0 Å². The first-order chi connectivity index (χ1) is 8.90. The highest BCUT2D eigenvalue weighted by Crippen LogP contribution is 2.21. The van der Waals surface area contributed by atoms with Crippen molar-refractivity contribution in [1.29, 1.82) is 0 Å². The lowest BCUT2D eigenvalue weighted by atomic mass is 10.2. The van der Waals surface area contributed by atoms with Crippen LogP contribution < -0.4 is 16.4 Å². The number of nitrogens with one attached hydrogen (secondary N) is 2. The molecule has 0 saturated carbocycles. The lowest BCUT2D eigenvalue weighted by Gasteiger charge is -2.13. The molecule has 1 heterocycles. The van der Waals surface area contributed by atoms with Gasteiger partial charge >= 0.3 is 12.0 Å². The normalized spacial score (nSPS) is 11.6. The zero-order valence-corrected chi connectivity index (χ0v) is 12.1. The summed E-state index contributed by atoms with van der Waals surface area (Å²) in [5.41, 5.74) is 4.90. The van der Waals surface area contributed by atoms with Crippen molar-refractivity contribution in [3.05, 3.63) is 20.8 Å². The summed E-state index contributed by atoms with van der Waals surface area (Å²) in [5.74, 6) is -2.11. The zero-order chi connectivity index (χ0) is 14.4. The third-order valence-electron chi connectivity index (χ3n) is 2.11. The van der Waals surface area contributed by atoms with Crippen LogP contribution in [0.3, 0.4) is 0 Å². The Hall–Kier alpha value is -1.61. The molecule has 0 aliphatic carbocycles. The fourth-order valence-corrected chi connectivity index (χ4v) is 2.65. The third kappa shape index (κ3) is 5.26. The summed E-state index contributed by atoms with van der Waals surface area (Å²) < 4.78 is 0.865. The van der Waals surface area contributed by atoms with E-state index in [-0.39, 0.29) is 6.54 Å². The quantitative estimate of drug-likeness (QED) is 0.601. The van der Waals surface area contributed by atoms with Gasteiger partial charge in [-0.3, -0.25) is 4.79 Å². The van der Waals surface area contributed by atoms with Crippen LogP contribution in [-0.2, 0) is 16.1 Å². The number of carbonyl (C=O) groups is 3. The maximum Gasteiger partial charge on any atom is 0.326 e. The van der Waals surface area contributed by atoms with Crippen LogP contribution in [0.5, 0.6) is 0 Å². The number of hydrogen-bond donors (Lipinski definition) is 4. The van der Waals surface area contributed by atoms with Gasteiger partial charge < -0.3 is 21.5 Å². The highest BCUT2D eigenvalue weighted by atomic mass is 79.9. The third-order valence-corrected chi connectivity index (χ3v) is 4.04. The predicted molar refractivity (Wildman–Crippen MR) is 72.6 cm³/mol. The maximum absolute atomic E-state index is 11.5. The van der Waals surface area contributed by atoms with Gasteiger partial charge in [-0.25, -0.2) is 9.59 Å². The molecule has 0 aromatic carbocycles. The Bertz CT molecular complexity index is 491. The summed E-state index contributed by atoms with van der Waals surface area (Å²) in [6.45, 7) is 0.257. The number of carboxylic acids is 1. The largest absolute Gasteiger partial charge is 0.480 e. The molecule has 0 bridgehead atoms. The Morgan fingerprint density at radius 2 is 2.16 bits per heavy atom. The van der Waals surface area contributed by atoms with Gasteiger partial charge in [0.2, 0.25) is 5.91 Å². The molecule has 1 unspecified atom stereocenters. The molecular weight excluding hydrogens is 338 g/mol.